The van der Waals surface area contributed by atoms with Crippen molar-refractivity contribution in [2.24, 2.45) is 12.8 Å². The summed E-state index contributed by atoms with van der Waals surface area (Å²) in [5, 5.41) is 5.26. The molecule has 2 N–H and O–H groups in total. The number of pyridine rings is 1. The number of aryl methyl sites for hydroxylation is 1. The third-order valence-corrected chi connectivity index (χ3v) is 2.49. The fourth-order valence-electron chi connectivity index (χ4n) is 1.68. The lowest BCUT2D eigenvalue weighted by Crippen LogP contribution is -2.25. The molecule has 0 amide bonds. The third-order valence-electron chi connectivity index (χ3n) is 2.49. The zero-order valence-corrected chi connectivity index (χ0v) is 9.01. The lowest BCUT2D eigenvalue weighted by atomic mass is 10.2. The molecule has 0 saturated heterocycles. The first-order chi connectivity index (χ1) is 7.24. The minimum atomic E-state index is 0.639. The number of hydrogen-bond donors (Lipinski definition) is 1. The van der Waals surface area contributed by atoms with Crippen LogP contribution in [-0.4, -0.2) is 34.9 Å². The zero-order chi connectivity index (χ0) is 10.8. The van der Waals surface area contributed by atoms with Crippen LogP contribution >= 0.6 is 0 Å². The Kier molecular flexibility index (Phi) is 2.55. The molecular formula is C10H15N5. The minimum Gasteiger partial charge on any atom is -0.373 e. The Morgan fingerprint density at radius 2 is 2.33 bits per heavy atom. The third kappa shape index (κ3) is 1.66. The molecule has 0 aliphatic carbocycles. The second kappa shape index (κ2) is 3.86. The Labute approximate surface area is 88.5 Å². The van der Waals surface area contributed by atoms with Gasteiger partial charge in [-0.15, -0.1) is 0 Å². The van der Waals surface area contributed by atoms with Crippen molar-refractivity contribution in [1.29, 1.82) is 0 Å². The summed E-state index contributed by atoms with van der Waals surface area (Å²) < 4.78 is 1.77. The van der Waals surface area contributed by atoms with Crippen molar-refractivity contribution in [3.63, 3.8) is 0 Å². The van der Waals surface area contributed by atoms with Gasteiger partial charge in [0.05, 0.1) is 17.3 Å². The van der Waals surface area contributed by atoms with Gasteiger partial charge in [0, 0.05) is 33.4 Å². The highest BCUT2D eigenvalue weighted by Gasteiger charge is 2.08. The fourth-order valence-corrected chi connectivity index (χ4v) is 1.68. The van der Waals surface area contributed by atoms with Gasteiger partial charge in [0.1, 0.15) is 0 Å². The van der Waals surface area contributed by atoms with Crippen molar-refractivity contribution in [3.8, 4) is 0 Å². The first-order valence-electron chi connectivity index (χ1n) is 4.92. The molecule has 5 nitrogen and oxygen atoms in total. The van der Waals surface area contributed by atoms with E-state index in [9.17, 15) is 0 Å². The van der Waals surface area contributed by atoms with Crippen molar-refractivity contribution in [1.82, 2.24) is 14.8 Å². The summed E-state index contributed by atoms with van der Waals surface area (Å²) in [4.78, 5) is 6.40. The molecule has 0 spiro atoms. The van der Waals surface area contributed by atoms with E-state index in [2.05, 4.69) is 15.0 Å². The Morgan fingerprint density at radius 1 is 1.53 bits per heavy atom. The maximum absolute atomic E-state index is 5.54. The van der Waals surface area contributed by atoms with Crippen LogP contribution in [0.2, 0.25) is 0 Å². The van der Waals surface area contributed by atoms with E-state index in [1.807, 2.05) is 26.4 Å². The van der Waals surface area contributed by atoms with Gasteiger partial charge in [0.15, 0.2) is 5.65 Å². The summed E-state index contributed by atoms with van der Waals surface area (Å²) in [5.74, 6) is 0. The Hall–Kier alpha value is -1.62. The average Bonchev–Trinajstić information content (AvgIpc) is 2.61. The van der Waals surface area contributed by atoms with Gasteiger partial charge in [0.2, 0.25) is 0 Å². The highest BCUT2D eigenvalue weighted by molar-refractivity contribution is 5.88. The van der Waals surface area contributed by atoms with Crippen LogP contribution in [0.5, 0.6) is 0 Å². The number of hydrogen-bond acceptors (Lipinski definition) is 4. The largest absolute Gasteiger partial charge is 0.373 e. The van der Waals surface area contributed by atoms with E-state index in [0.717, 1.165) is 23.3 Å². The van der Waals surface area contributed by atoms with Gasteiger partial charge in [-0.05, 0) is 6.07 Å². The van der Waals surface area contributed by atoms with Gasteiger partial charge in [-0.1, -0.05) is 0 Å². The van der Waals surface area contributed by atoms with Gasteiger partial charge in [-0.3, -0.25) is 4.68 Å². The van der Waals surface area contributed by atoms with Gasteiger partial charge in [-0.25, -0.2) is 4.98 Å². The molecule has 2 rings (SSSR count). The number of nitrogens with zero attached hydrogens (tertiary/aromatic N) is 4. The number of rotatable bonds is 3. The fraction of sp³-hybridized carbons (Fsp3) is 0.400. The molecule has 0 unspecified atom stereocenters. The van der Waals surface area contributed by atoms with Gasteiger partial charge in [0.25, 0.3) is 0 Å². The average molecular weight is 205 g/mol. The van der Waals surface area contributed by atoms with Crippen LogP contribution in [0.1, 0.15) is 0 Å². The summed E-state index contributed by atoms with van der Waals surface area (Å²) in [5.41, 5.74) is 7.56. The van der Waals surface area contributed by atoms with Crippen LogP contribution in [0, 0.1) is 0 Å². The number of likely N-dealkylation sites (N-methyl/N-ethyl adjacent to an activating group) is 1. The van der Waals surface area contributed by atoms with Gasteiger partial charge in [-0.2, -0.15) is 5.10 Å². The first-order valence-corrected chi connectivity index (χ1v) is 4.92. The highest BCUT2D eigenvalue weighted by Crippen LogP contribution is 2.23. The molecule has 15 heavy (non-hydrogen) atoms. The molecule has 0 aliphatic rings. The highest BCUT2D eigenvalue weighted by atomic mass is 15.3. The number of anilines is 1. The van der Waals surface area contributed by atoms with E-state index in [1.165, 1.54) is 0 Å². The van der Waals surface area contributed by atoms with Crippen LogP contribution in [0.3, 0.4) is 0 Å². The summed E-state index contributed by atoms with van der Waals surface area (Å²) in [6, 6.07) is 1.99. The Morgan fingerprint density at radius 3 is 3.07 bits per heavy atom. The molecule has 0 aliphatic heterocycles. The predicted octanol–water partition coefficient (Wildman–Crippen LogP) is 0.363. The normalized spacial score (nSPS) is 10.9. The molecule has 2 aromatic heterocycles. The second-order valence-corrected chi connectivity index (χ2v) is 3.55. The zero-order valence-electron chi connectivity index (χ0n) is 9.01. The topological polar surface area (TPSA) is 60.0 Å². The lowest BCUT2D eigenvalue weighted by Gasteiger charge is -2.18. The molecule has 0 atom stereocenters. The molecule has 80 valence electrons. The SMILES string of the molecule is CN(CCN)c1ccnc2c1cnn2C. The van der Waals surface area contributed by atoms with Crippen LogP contribution in [0.4, 0.5) is 5.69 Å². The van der Waals surface area contributed by atoms with E-state index in [-0.39, 0.29) is 0 Å². The molecule has 0 saturated carbocycles. The Bertz CT molecular complexity index is 462. The van der Waals surface area contributed by atoms with Crippen molar-refractivity contribution < 1.29 is 0 Å². The first kappa shape index (κ1) is 9.92. The van der Waals surface area contributed by atoms with E-state index in [0.29, 0.717) is 6.54 Å². The maximum Gasteiger partial charge on any atom is 0.159 e. The summed E-state index contributed by atoms with van der Waals surface area (Å²) >= 11 is 0. The molecule has 2 heterocycles. The molecule has 0 aromatic carbocycles. The summed E-state index contributed by atoms with van der Waals surface area (Å²) in [6.45, 7) is 1.47. The van der Waals surface area contributed by atoms with E-state index in [4.69, 9.17) is 5.73 Å². The molecule has 5 heteroatoms. The quantitative estimate of drug-likeness (QED) is 0.786. The molecule has 0 radical (unpaired) electrons. The monoisotopic (exact) mass is 205 g/mol. The maximum atomic E-state index is 5.54. The predicted molar refractivity (Wildman–Crippen MR) is 60.8 cm³/mol. The number of nitrogens with two attached hydrogens (primary N) is 1. The van der Waals surface area contributed by atoms with Crippen molar-refractivity contribution >= 4 is 16.7 Å². The van der Waals surface area contributed by atoms with Gasteiger partial charge >= 0.3 is 0 Å². The summed E-state index contributed by atoms with van der Waals surface area (Å²) in [7, 11) is 3.91. The van der Waals surface area contributed by atoms with Crippen LogP contribution in [0.25, 0.3) is 11.0 Å². The Balaban J connectivity index is 2.51. The van der Waals surface area contributed by atoms with E-state index >= 15 is 0 Å². The van der Waals surface area contributed by atoms with E-state index in [1.54, 1.807) is 10.9 Å². The molecule has 0 bridgehead atoms. The van der Waals surface area contributed by atoms with E-state index < -0.39 is 0 Å². The smallest absolute Gasteiger partial charge is 0.159 e. The number of aromatic nitrogens is 3. The molecule has 0 fully saturated rings. The van der Waals surface area contributed by atoms with Crippen LogP contribution in [0.15, 0.2) is 18.5 Å². The van der Waals surface area contributed by atoms with Crippen LogP contribution in [-0.2, 0) is 7.05 Å². The standard InChI is InChI=1S/C10H15N5/c1-14(6-4-11)9-3-5-12-10-8(9)7-13-15(10)2/h3,5,7H,4,6,11H2,1-2H3. The molecule has 2 aromatic rings. The minimum absolute atomic E-state index is 0.639. The van der Waals surface area contributed by atoms with Gasteiger partial charge < -0.3 is 10.6 Å². The van der Waals surface area contributed by atoms with Crippen molar-refractivity contribution in [2.75, 3.05) is 25.0 Å². The molecular weight excluding hydrogens is 190 g/mol. The second-order valence-electron chi connectivity index (χ2n) is 3.55. The lowest BCUT2D eigenvalue weighted by molar-refractivity contribution is 0.786. The number of fused-ring (bicyclic) bond motifs is 1. The van der Waals surface area contributed by atoms with Crippen molar-refractivity contribution in [3.05, 3.63) is 18.5 Å². The van der Waals surface area contributed by atoms with Crippen molar-refractivity contribution in [2.45, 2.75) is 0 Å². The summed E-state index contributed by atoms with van der Waals surface area (Å²) in [6.07, 6.45) is 3.64. The van der Waals surface area contributed by atoms with Crippen LogP contribution < -0.4 is 10.6 Å².